The van der Waals surface area contributed by atoms with E-state index in [0.717, 1.165) is 48.5 Å². The number of aromatic nitrogens is 3. The third-order valence-corrected chi connectivity index (χ3v) is 4.59. The van der Waals surface area contributed by atoms with Crippen LogP contribution in [0.3, 0.4) is 0 Å². The Morgan fingerprint density at radius 3 is 2.83 bits per heavy atom. The zero-order chi connectivity index (χ0) is 16.4. The minimum atomic E-state index is 0.298. The third-order valence-electron chi connectivity index (χ3n) is 4.30. The molecular weight excluding hydrogens is 322 g/mol. The van der Waals surface area contributed by atoms with Crippen molar-refractivity contribution in [2.75, 3.05) is 23.3 Å². The topological polar surface area (TPSA) is 53.9 Å². The highest BCUT2D eigenvalue weighted by Gasteiger charge is 2.22. The van der Waals surface area contributed by atoms with Crippen LogP contribution in [-0.4, -0.2) is 34.1 Å². The Bertz CT molecular complexity index is 839. The van der Waals surface area contributed by atoms with Gasteiger partial charge in [-0.2, -0.15) is 0 Å². The Balaban J connectivity index is 1.53. The highest BCUT2D eigenvalue weighted by molar-refractivity contribution is 6.34. The lowest BCUT2D eigenvalue weighted by atomic mass is 10.1. The van der Waals surface area contributed by atoms with Gasteiger partial charge in [-0.3, -0.25) is 0 Å². The summed E-state index contributed by atoms with van der Waals surface area (Å²) in [6.45, 7) is 1.84. The van der Waals surface area contributed by atoms with Gasteiger partial charge in [0, 0.05) is 36.9 Å². The number of hydrogen-bond acceptors (Lipinski definition) is 5. The number of nitrogens with one attached hydrogen (secondary N) is 1. The molecule has 1 aromatic carbocycles. The first-order chi connectivity index (χ1) is 11.8. The molecule has 1 aliphatic rings. The maximum atomic E-state index is 6.32. The first-order valence-electron chi connectivity index (χ1n) is 8.13. The van der Waals surface area contributed by atoms with Crippen LogP contribution in [0.15, 0.2) is 48.8 Å². The van der Waals surface area contributed by atoms with Crippen LogP contribution in [0, 0.1) is 0 Å². The fourth-order valence-electron chi connectivity index (χ4n) is 3.17. The third kappa shape index (κ3) is 3.12. The molecule has 6 heteroatoms. The summed E-state index contributed by atoms with van der Waals surface area (Å²) in [5.74, 6) is 1.60. The van der Waals surface area contributed by atoms with Crippen LogP contribution in [0.2, 0.25) is 5.15 Å². The van der Waals surface area contributed by atoms with Gasteiger partial charge in [0.25, 0.3) is 0 Å². The Kier molecular flexibility index (Phi) is 4.17. The van der Waals surface area contributed by atoms with Gasteiger partial charge in [0.2, 0.25) is 5.95 Å². The first-order valence-corrected chi connectivity index (χ1v) is 8.51. The van der Waals surface area contributed by atoms with Crippen molar-refractivity contribution >= 4 is 34.1 Å². The van der Waals surface area contributed by atoms with Crippen LogP contribution < -0.4 is 10.2 Å². The van der Waals surface area contributed by atoms with Crippen molar-refractivity contribution in [2.45, 2.75) is 18.9 Å². The van der Waals surface area contributed by atoms with E-state index in [1.807, 2.05) is 24.3 Å². The summed E-state index contributed by atoms with van der Waals surface area (Å²) >= 11 is 6.32. The minimum absolute atomic E-state index is 0.298. The van der Waals surface area contributed by atoms with Crippen LogP contribution in [0.4, 0.5) is 11.8 Å². The van der Waals surface area contributed by atoms with E-state index in [2.05, 4.69) is 37.3 Å². The largest absolute Gasteiger partial charge is 0.365 e. The van der Waals surface area contributed by atoms with E-state index in [9.17, 15) is 0 Å². The number of hydrogen-bond donors (Lipinski definition) is 1. The molecule has 1 aliphatic heterocycles. The average molecular weight is 340 g/mol. The number of nitrogens with zero attached hydrogens (tertiary/aromatic N) is 4. The molecule has 1 saturated heterocycles. The van der Waals surface area contributed by atoms with Gasteiger partial charge in [0.05, 0.1) is 0 Å². The van der Waals surface area contributed by atoms with E-state index in [1.165, 1.54) is 0 Å². The van der Waals surface area contributed by atoms with Crippen LogP contribution in [0.1, 0.15) is 12.8 Å². The second-order valence-corrected chi connectivity index (χ2v) is 6.36. The summed E-state index contributed by atoms with van der Waals surface area (Å²) < 4.78 is 0. The summed E-state index contributed by atoms with van der Waals surface area (Å²) in [6, 6.07) is 12.2. The molecule has 0 bridgehead atoms. The Labute approximate surface area is 145 Å². The summed E-state index contributed by atoms with van der Waals surface area (Å²) in [7, 11) is 0. The molecule has 0 amide bonds. The molecule has 3 heterocycles. The molecule has 1 N–H and O–H groups in total. The molecular formula is C18H18ClN5. The Morgan fingerprint density at radius 2 is 1.96 bits per heavy atom. The van der Waals surface area contributed by atoms with E-state index in [-0.39, 0.29) is 0 Å². The van der Waals surface area contributed by atoms with E-state index >= 15 is 0 Å². The van der Waals surface area contributed by atoms with Gasteiger partial charge in [0.1, 0.15) is 11.0 Å². The van der Waals surface area contributed by atoms with Gasteiger partial charge in [-0.1, -0.05) is 35.9 Å². The van der Waals surface area contributed by atoms with E-state index in [1.54, 1.807) is 12.4 Å². The molecule has 0 unspecified atom stereocenters. The highest BCUT2D eigenvalue weighted by atomic mass is 35.5. The maximum absolute atomic E-state index is 6.32. The smallest absolute Gasteiger partial charge is 0.225 e. The standard InChI is InChI=1S/C18H18ClN5/c19-17-15-7-2-1-5-13(15)11-16(23-17)22-14-6-3-10-24(12-14)18-20-8-4-9-21-18/h1-2,4-5,7-9,11,14H,3,6,10,12H2,(H,22,23)/t14-/m1/s1. The van der Waals surface area contributed by atoms with Gasteiger partial charge >= 0.3 is 0 Å². The molecule has 0 aliphatic carbocycles. The summed E-state index contributed by atoms with van der Waals surface area (Å²) in [5.41, 5.74) is 0. The van der Waals surface area contributed by atoms with Crippen LogP contribution >= 0.6 is 11.6 Å². The van der Waals surface area contributed by atoms with E-state index in [4.69, 9.17) is 11.6 Å². The molecule has 0 saturated carbocycles. The van der Waals surface area contributed by atoms with Crippen molar-refractivity contribution in [2.24, 2.45) is 0 Å². The minimum Gasteiger partial charge on any atom is -0.365 e. The lowest BCUT2D eigenvalue weighted by Gasteiger charge is -2.33. The predicted molar refractivity (Wildman–Crippen MR) is 97.6 cm³/mol. The zero-order valence-corrected chi connectivity index (χ0v) is 13.9. The number of rotatable bonds is 3. The second kappa shape index (κ2) is 6.61. The second-order valence-electron chi connectivity index (χ2n) is 6.00. The van der Waals surface area contributed by atoms with Gasteiger partial charge < -0.3 is 10.2 Å². The van der Waals surface area contributed by atoms with Gasteiger partial charge in [-0.05, 0) is 30.4 Å². The molecule has 4 rings (SSSR count). The number of fused-ring (bicyclic) bond motifs is 1. The van der Waals surface area contributed by atoms with Crippen molar-refractivity contribution in [3.63, 3.8) is 0 Å². The lowest BCUT2D eigenvalue weighted by molar-refractivity contribution is 0.522. The number of pyridine rings is 1. The molecule has 24 heavy (non-hydrogen) atoms. The van der Waals surface area contributed by atoms with E-state index < -0.39 is 0 Å². The van der Waals surface area contributed by atoms with Gasteiger partial charge in [0.15, 0.2) is 0 Å². The number of anilines is 2. The van der Waals surface area contributed by atoms with Crippen LogP contribution in [0.5, 0.6) is 0 Å². The van der Waals surface area contributed by atoms with Crippen molar-refractivity contribution in [3.8, 4) is 0 Å². The summed E-state index contributed by atoms with van der Waals surface area (Å²) in [4.78, 5) is 15.4. The number of piperidine rings is 1. The van der Waals surface area contributed by atoms with Crippen LogP contribution in [-0.2, 0) is 0 Å². The Hall–Kier alpha value is -2.40. The van der Waals surface area contributed by atoms with Gasteiger partial charge in [-0.15, -0.1) is 0 Å². The normalized spacial score (nSPS) is 17.9. The SMILES string of the molecule is Clc1nc(N[C@@H]2CCCN(c3ncccn3)C2)cc2ccccc12. The molecule has 0 radical (unpaired) electrons. The van der Waals surface area contributed by atoms with Crippen molar-refractivity contribution in [1.82, 2.24) is 15.0 Å². The molecule has 122 valence electrons. The fourth-order valence-corrected chi connectivity index (χ4v) is 3.43. The van der Waals surface area contributed by atoms with Crippen molar-refractivity contribution in [3.05, 3.63) is 53.9 Å². The lowest BCUT2D eigenvalue weighted by Crippen LogP contribution is -2.43. The number of halogens is 1. The van der Waals surface area contributed by atoms with Crippen molar-refractivity contribution < 1.29 is 0 Å². The highest BCUT2D eigenvalue weighted by Crippen LogP contribution is 2.26. The molecule has 2 aromatic heterocycles. The number of benzene rings is 1. The molecule has 3 aromatic rings. The quantitative estimate of drug-likeness (QED) is 0.736. The maximum Gasteiger partial charge on any atom is 0.225 e. The fraction of sp³-hybridized carbons (Fsp3) is 0.278. The zero-order valence-electron chi connectivity index (χ0n) is 13.2. The van der Waals surface area contributed by atoms with Crippen LogP contribution in [0.25, 0.3) is 10.8 Å². The van der Waals surface area contributed by atoms with Crippen molar-refractivity contribution in [1.29, 1.82) is 0 Å². The summed E-state index contributed by atoms with van der Waals surface area (Å²) in [5, 5.41) is 6.13. The molecule has 0 spiro atoms. The molecule has 1 fully saturated rings. The predicted octanol–water partition coefficient (Wildman–Crippen LogP) is 3.76. The summed E-state index contributed by atoms with van der Waals surface area (Å²) in [6.07, 6.45) is 5.75. The first kappa shape index (κ1) is 15.1. The van der Waals surface area contributed by atoms with E-state index in [0.29, 0.717) is 11.2 Å². The molecule has 5 nitrogen and oxygen atoms in total. The monoisotopic (exact) mass is 339 g/mol. The van der Waals surface area contributed by atoms with Gasteiger partial charge in [-0.25, -0.2) is 15.0 Å². The molecule has 1 atom stereocenters. The average Bonchev–Trinajstić information content (AvgIpc) is 2.63. The Morgan fingerprint density at radius 1 is 1.12 bits per heavy atom.